The first-order valence-corrected chi connectivity index (χ1v) is 8.61. The second-order valence-corrected chi connectivity index (χ2v) is 7.03. The summed E-state index contributed by atoms with van der Waals surface area (Å²) in [6.45, 7) is 5.72. The van der Waals surface area contributed by atoms with Crippen LogP contribution in [0.5, 0.6) is 0 Å². The van der Waals surface area contributed by atoms with E-state index in [-0.39, 0.29) is 28.9 Å². The molecular weight excluding hydrogens is 342 g/mol. The molecule has 2 bridgehead atoms. The SMILES string of the molecule is CC[C@]12CO[C@@H](C1O)[C@H](n1cnc3c(=O)[nH]c(NC(=O)C(C)C)nc31)O2. The fourth-order valence-electron chi connectivity index (χ4n) is 3.40. The number of nitrogens with zero attached hydrogens (tertiary/aromatic N) is 3. The lowest BCUT2D eigenvalue weighted by atomic mass is 9.96. The molecule has 2 aromatic rings. The third-order valence-electron chi connectivity index (χ3n) is 5.08. The summed E-state index contributed by atoms with van der Waals surface area (Å²) in [5.74, 6) is -0.487. The topological polar surface area (TPSA) is 131 Å². The summed E-state index contributed by atoms with van der Waals surface area (Å²) in [7, 11) is 0. The van der Waals surface area contributed by atoms with Crippen LogP contribution in [0.1, 0.15) is 33.4 Å². The van der Waals surface area contributed by atoms with Gasteiger partial charge < -0.3 is 14.6 Å². The molecule has 3 N–H and O–H groups in total. The molecule has 1 amide bonds. The summed E-state index contributed by atoms with van der Waals surface area (Å²) in [6, 6.07) is 0. The maximum Gasteiger partial charge on any atom is 0.280 e. The van der Waals surface area contributed by atoms with Crippen molar-refractivity contribution in [3.05, 3.63) is 16.7 Å². The first-order valence-electron chi connectivity index (χ1n) is 8.61. The maximum atomic E-state index is 12.3. The Bertz CT molecular complexity index is 921. The number of amides is 1. The number of fused-ring (bicyclic) bond motifs is 3. The number of carbonyl (C=O) groups excluding carboxylic acids is 1. The van der Waals surface area contributed by atoms with Crippen LogP contribution >= 0.6 is 0 Å². The third kappa shape index (κ3) is 2.37. The number of aliphatic hydroxyl groups is 1. The number of anilines is 1. The predicted octanol–water partition coefficient (Wildman–Crippen LogP) is 0.151. The highest BCUT2D eigenvalue weighted by Gasteiger charge is 2.60. The maximum absolute atomic E-state index is 12.3. The molecule has 0 aliphatic carbocycles. The molecule has 0 radical (unpaired) electrons. The molecule has 0 spiro atoms. The first kappa shape index (κ1) is 17.1. The number of H-pyrrole nitrogens is 1. The third-order valence-corrected chi connectivity index (χ3v) is 5.08. The number of aliphatic hydroxyl groups excluding tert-OH is 1. The lowest BCUT2D eigenvalue weighted by Crippen LogP contribution is -2.39. The summed E-state index contributed by atoms with van der Waals surface area (Å²) >= 11 is 0. The second kappa shape index (κ2) is 5.86. The normalized spacial score (nSPS) is 30.4. The molecule has 10 heteroatoms. The molecule has 140 valence electrons. The van der Waals surface area contributed by atoms with Gasteiger partial charge in [-0.15, -0.1) is 0 Å². The molecule has 4 rings (SSSR count). The van der Waals surface area contributed by atoms with Crippen LogP contribution in [0.15, 0.2) is 11.1 Å². The van der Waals surface area contributed by atoms with Crippen LogP contribution in [0.4, 0.5) is 5.95 Å². The van der Waals surface area contributed by atoms with E-state index in [2.05, 4.69) is 20.3 Å². The van der Waals surface area contributed by atoms with E-state index in [1.165, 1.54) is 6.33 Å². The zero-order valence-electron chi connectivity index (χ0n) is 14.7. The number of aromatic amines is 1. The van der Waals surface area contributed by atoms with Gasteiger partial charge in [0.25, 0.3) is 5.56 Å². The zero-order chi connectivity index (χ0) is 18.6. The largest absolute Gasteiger partial charge is 0.387 e. The van der Waals surface area contributed by atoms with Gasteiger partial charge in [-0.25, -0.2) is 4.98 Å². The van der Waals surface area contributed by atoms with Crippen molar-refractivity contribution in [2.75, 3.05) is 11.9 Å². The van der Waals surface area contributed by atoms with Gasteiger partial charge >= 0.3 is 0 Å². The minimum Gasteiger partial charge on any atom is -0.387 e. The summed E-state index contributed by atoms with van der Waals surface area (Å²) in [5.41, 5.74) is -0.851. The average molecular weight is 363 g/mol. The molecule has 2 aliphatic rings. The van der Waals surface area contributed by atoms with Gasteiger partial charge in [0.1, 0.15) is 17.8 Å². The fraction of sp³-hybridized carbons (Fsp3) is 0.625. The zero-order valence-corrected chi connectivity index (χ0v) is 14.7. The van der Waals surface area contributed by atoms with Crippen molar-refractivity contribution in [2.24, 2.45) is 5.92 Å². The molecule has 2 fully saturated rings. The molecule has 26 heavy (non-hydrogen) atoms. The van der Waals surface area contributed by atoms with E-state index in [0.717, 1.165) is 0 Å². The lowest BCUT2D eigenvalue weighted by molar-refractivity contribution is -0.173. The van der Waals surface area contributed by atoms with E-state index >= 15 is 0 Å². The van der Waals surface area contributed by atoms with Gasteiger partial charge in [0.05, 0.1) is 12.9 Å². The summed E-state index contributed by atoms with van der Waals surface area (Å²) in [4.78, 5) is 35.1. The van der Waals surface area contributed by atoms with Crippen LogP contribution in [-0.4, -0.2) is 54.9 Å². The molecular formula is C16H21N5O5. The molecule has 1 unspecified atom stereocenters. The number of rotatable bonds is 4. The van der Waals surface area contributed by atoms with Crippen LogP contribution in [0.25, 0.3) is 11.2 Å². The van der Waals surface area contributed by atoms with Gasteiger partial charge in [-0.3, -0.25) is 24.5 Å². The van der Waals surface area contributed by atoms with E-state index in [4.69, 9.17) is 9.47 Å². The Morgan fingerprint density at radius 2 is 2.35 bits per heavy atom. The molecule has 0 aromatic carbocycles. The fourth-order valence-corrected chi connectivity index (χ4v) is 3.40. The number of nitrogens with one attached hydrogen (secondary N) is 2. The number of carbonyl (C=O) groups is 1. The Hall–Kier alpha value is -2.30. The predicted molar refractivity (Wildman–Crippen MR) is 90.5 cm³/mol. The van der Waals surface area contributed by atoms with E-state index in [1.807, 2.05) is 6.92 Å². The van der Waals surface area contributed by atoms with Crippen molar-refractivity contribution < 1.29 is 19.4 Å². The van der Waals surface area contributed by atoms with Gasteiger partial charge in [-0.05, 0) is 6.42 Å². The van der Waals surface area contributed by atoms with Crippen LogP contribution in [0.3, 0.4) is 0 Å². The monoisotopic (exact) mass is 363 g/mol. The highest BCUT2D eigenvalue weighted by atomic mass is 16.6. The van der Waals surface area contributed by atoms with Crippen molar-refractivity contribution in [2.45, 2.75) is 51.2 Å². The Balaban J connectivity index is 1.74. The van der Waals surface area contributed by atoms with Crippen molar-refractivity contribution in [3.63, 3.8) is 0 Å². The van der Waals surface area contributed by atoms with Crippen LogP contribution in [0.2, 0.25) is 0 Å². The molecule has 0 saturated carbocycles. The second-order valence-electron chi connectivity index (χ2n) is 7.03. The molecule has 4 heterocycles. The van der Waals surface area contributed by atoms with Crippen LogP contribution in [-0.2, 0) is 14.3 Å². The van der Waals surface area contributed by atoms with E-state index < -0.39 is 29.6 Å². The Kier molecular flexibility index (Phi) is 3.86. The molecule has 2 saturated heterocycles. The van der Waals surface area contributed by atoms with Gasteiger partial charge in [0, 0.05) is 5.92 Å². The molecule has 2 aromatic heterocycles. The number of hydrogen-bond donors (Lipinski definition) is 3. The Morgan fingerprint density at radius 3 is 3.00 bits per heavy atom. The minimum atomic E-state index is -0.767. The van der Waals surface area contributed by atoms with Crippen molar-refractivity contribution in [1.29, 1.82) is 0 Å². The molecule has 4 atom stereocenters. The lowest BCUT2D eigenvalue weighted by Gasteiger charge is -2.30. The van der Waals surface area contributed by atoms with Gasteiger partial charge in [0.2, 0.25) is 11.9 Å². The number of hydrogen-bond acceptors (Lipinski definition) is 7. The highest BCUT2D eigenvalue weighted by Crippen LogP contribution is 2.47. The number of ether oxygens (including phenoxy) is 2. The summed E-state index contributed by atoms with van der Waals surface area (Å²) < 4.78 is 13.3. The van der Waals surface area contributed by atoms with Crippen molar-refractivity contribution >= 4 is 23.0 Å². The summed E-state index contributed by atoms with van der Waals surface area (Å²) in [6.07, 6.45) is 0.0503. The Morgan fingerprint density at radius 1 is 1.58 bits per heavy atom. The number of aromatic nitrogens is 4. The van der Waals surface area contributed by atoms with E-state index in [0.29, 0.717) is 13.0 Å². The summed E-state index contributed by atoms with van der Waals surface area (Å²) in [5, 5.41) is 13.1. The van der Waals surface area contributed by atoms with Crippen LogP contribution in [0, 0.1) is 5.92 Å². The first-order chi connectivity index (χ1) is 12.4. The smallest absolute Gasteiger partial charge is 0.280 e. The Labute approximate surface area is 148 Å². The van der Waals surface area contributed by atoms with E-state index in [1.54, 1.807) is 18.4 Å². The number of imidazole rings is 1. The van der Waals surface area contributed by atoms with E-state index in [9.17, 15) is 14.7 Å². The van der Waals surface area contributed by atoms with Gasteiger partial charge in [-0.1, -0.05) is 20.8 Å². The van der Waals surface area contributed by atoms with Crippen molar-refractivity contribution in [1.82, 2.24) is 19.5 Å². The molecule has 2 aliphatic heterocycles. The average Bonchev–Trinajstić information content (AvgIpc) is 3.25. The quantitative estimate of drug-likeness (QED) is 0.704. The molecule has 10 nitrogen and oxygen atoms in total. The standard InChI is InChI=1S/C16H21N5O5/c1-4-16-5-25-9(10(16)22)14(26-16)21-6-17-8-11(21)18-15(20-13(8)24)19-12(23)7(2)3/h6-7,9-10,14,22H,4-5H2,1-3H3,(H2,18,19,20,23,24)/t9-,10?,14+,16-/m0/s1. The minimum absolute atomic E-state index is 0.0396. The highest BCUT2D eigenvalue weighted by molar-refractivity contribution is 5.91. The van der Waals surface area contributed by atoms with Crippen molar-refractivity contribution in [3.8, 4) is 0 Å². The van der Waals surface area contributed by atoms with Gasteiger partial charge in [0.15, 0.2) is 17.4 Å². The van der Waals surface area contributed by atoms with Crippen LogP contribution < -0.4 is 10.9 Å². The van der Waals surface area contributed by atoms with Gasteiger partial charge in [-0.2, -0.15) is 4.98 Å².